The molecule has 0 bridgehead atoms. The van der Waals surface area contributed by atoms with Gasteiger partial charge in [-0.05, 0) is 24.7 Å². The Bertz CT molecular complexity index is 336. The first-order valence-corrected chi connectivity index (χ1v) is 7.12. The first-order valence-electron chi connectivity index (χ1n) is 4.81. The molecule has 2 rings (SSSR count). The van der Waals surface area contributed by atoms with Crippen LogP contribution in [0.25, 0.3) is 0 Å². The van der Waals surface area contributed by atoms with Crippen LogP contribution in [-0.4, -0.2) is 15.7 Å². The topological polar surface area (TPSA) is 17.1 Å². The van der Waals surface area contributed by atoms with Gasteiger partial charge in [0.15, 0.2) is 0 Å². The Morgan fingerprint density at radius 3 is 2.71 bits per heavy atom. The van der Waals surface area contributed by atoms with Gasteiger partial charge in [-0.2, -0.15) is 0 Å². The average Bonchev–Trinajstić information content (AvgIpc) is 2.24. The molecule has 0 aromatic heterocycles. The summed E-state index contributed by atoms with van der Waals surface area (Å²) in [6, 6.07) is 10.2. The molecule has 76 valence electrons. The number of rotatable bonds is 1. The van der Waals surface area contributed by atoms with Crippen LogP contribution in [0.4, 0.5) is 0 Å². The zero-order valence-corrected chi connectivity index (χ0v) is 9.87. The molecular weight excluding hydrogens is 212 g/mol. The second-order valence-corrected chi connectivity index (χ2v) is 7.25. The highest BCUT2D eigenvalue weighted by atomic mass is 32.2. The second kappa shape index (κ2) is 4.07. The molecule has 1 aromatic rings. The lowest BCUT2D eigenvalue weighted by Gasteiger charge is -2.32. The summed E-state index contributed by atoms with van der Waals surface area (Å²) >= 11 is 1.83. The minimum absolute atomic E-state index is 0.181. The third kappa shape index (κ3) is 1.75. The second-order valence-electron chi connectivity index (χ2n) is 3.56. The van der Waals surface area contributed by atoms with Crippen LogP contribution in [0.5, 0.6) is 0 Å². The highest BCUT2D eigenvalue weighted by Gasteiger charge is 2.36. The Morgan fingerprint density at radius 2 is 2.07 bits per heavy atom. The zero-order chi connectivity index (χ0) is 10.0. The summed E-state index contributed by atoms with van der Waals surface area (Å²) < 4.78 is 11.8. The van der Waals surface area contributed by atoms with E-state index < -0.39 is 10.8 Å². The maximum Gasteiger partial charge on any atom is 0.113 e. The summed E-state index contributed by atoms with van der Waals surface area (Å²) in [6.07, 6.45) is 1.08. The summed E-state index contributed by atoms with van der Waals surface area (Å²) in [5, 5.41) is 0. The van der Waals surface area contributed by atoms with Crippen LogP contribution < -0.4 is 0 Å². The summed E-state index contributed by atoms with van der Waals surface area (Å²) in [6.45, 7) is 2.10. The fourth-order valence-electron chi connectivity index (χ4n) is 1.67. The lowest BCUT2D eigenvalue weighted by atomic mass is 10.2. The largest absolute Gasteiger partial charge is 0.258 e. The highest BCUT2D eigenvalue weighted by molar-refractivity contribution is 8.12. The zero-order valence-electron chi connectivity index (χ0n) is 8.23. The van der Waals surface area contributed by atoms with Gasteiger partial charge in [-0.15, -0.1) is 11.8 Å². The van der Waals surface area contributed by atoms with Gasteiger partial charge in [0, 0.05) is 16.6 Å². The predicted octanol–water partition coefficient (Wildman–Crippen LogP) is 2.74. The van der Waals surface area contributed by atoms with E-state index in [0.717, 1.165) is 17.9 Å². The molecule has 1 aliphatic rings. The molecule has 0 unspecified atom stereocenters. The lowest BCUT2D eigenvalue weighted by Crippen LogP contribution is -2.30. The molecule has 2 atom stereocenters. The van der Waals surface area contributed by atoms with E-state index in [1.165, 1.54) is 5.56 Å². The third-order valence-corrected chi connectivity index (χ3v) is 6.54. The van der Waals surface area contributed by atoms with Crippen molar-refractivity contribution < 1.29 is 4.21 Å². The SMILES string of the molecule is C[C@@]1(c2ccccc2)SCCC[S@]1=O. The Labute approximate surface area is 91.7 Å². The van der Waals surface area contributed by atoms with Gasteiger partial charge in [0.25, 0.3) is 0 Å². The molecule has 0 amide bonds. The third-order valence-electron chi connectivity index (χ3n) is 2.58. The van der Waals surface area contributed by atoms with Crippen molar-refractivity contribution in [1.29, 1.82) is 0 Å². The Kier molecular flexibility index (Phi) is 2.98. The molecule has 3 heteroatoms. The highest BCUT2D eigenvalue weighted by Crippen LogP contribution is 2.42. The van der Waals surface area contributed by atoms with Crippen molar-refractivity contribution in [1.82, 2.24) is 0 Å². The smallest absolute Gasteiger partial charge is 0.113 e. The number of hydrogen-bond acceptors (Lipinski definition) is 2. The number of thioether (sulfide) groups is 1. The molecule has 14 heavy (non-hydrogen) atoms. The Morgan fingerprint density at radius 1 is 1.36 bits per heavy atom. The van der Waals surface area contributed by atoms with Gasteiger partial charge in [-0.1, -0.05) is 30.3 Å². The molecule has 1 aliphatic heterocycles. The van der Waals surface area contributed by atoms with Gasteiger partial charge in [0.2, 0.25) is 0 Å². The van der Waals surface area contributed by atoms with E-state index in [2.05, 4.69) is 19.1 Å². The molecule has 1 fully saturated rings. The van der Waals surface area contributed by atoms with Gasteiger partial charge in [0.1, 0.15) is 4.08 Å². The molecule has 1 heterocycles. The van der Waals surface area contributed by atoms with Crippen molar-refractivity contribution in [3.63, 3.8) is 0 Å². The van der Waals surface area contributed by atoms with Crippen molar-refractivity contribution in [2.75, 3.05) is 11.5 Å². The van der Waals surface area contributed by atoms with Crippen LogP contribution in [0.3, 0.4) is 0 Å². The molecule has 0 N–H and O–H groups in total. The monoisotopic (exact) mass is 226 g/mol. The van der Waals surface area contributed by atoms with Crippen LogP contribution in [0.15, 0.2) is 30.3 Å². The van der Waals surface area contributed by atoms with Crippen molar-refractivity contribution >= 4 is 22.6 Å². The van der Waals surface area contributed by atoms with Crippen LogP contribution in [0.1, 0.15) is 18.9 Å². The first-order chi connectivity index (χ1) is 6.73. The molecule has 0 aliphatic carbocycles. The van der Waals surface area contributed by atoms with E-state index >= 15 is 0 Å². The van der Waals surface area contributed by atoms with Gasteiger partial charge in [0.05, 0.1) is 0 Å². The minimum atomic E-state index is -0.732. The minimum Gasteiger partial charge on any atom is -0.258 e. The number of benzene rings is 1. The standard InChI is InChI=1S/C11H14OS2/c1-11(10-6-3-2-4-7-10)13-8-5-9-14(11)12/h2-4,6-7H,5,8-9H2,1H3/t11-,14-/m1/s1. The fraction of sp³-hybridized carbons (Fsp3) is 0.455. The van der Waals surface area contributed by atoms with E-state index in [9.17, 15) is 4.21 Å². The molecule has 1 aromatic carbocycles. The maximum atomic E-state index is 12.0. The summed E-state index contributed by atoms with van der Waals surface area (Å²) in [4.78, 5) is 0. The molecule has 0 radical (unpaired) electrons. The normalized spacial score (nSPS) is 32.8. The molecule has 0 saturated carbocycles. The summed E-state index contributed by atoms with van der Waals surface area (Å²) in [5.41, 5.74) is 1.20. The molecule has 1 saturated heterocycles. The van der Waals surface area contributed by atoms with Crippen molar-refractivity contribution in [2.24, 2.45) is 0 Å². The average molecular weight is 226 g/mol. The molecular formula is C11H14OS2. The Hall–Kier alpha value is -0.280. The van der Waals surface area contributed by atoms with Crippen molar-refractivity contribution in [3.8, 4) is 0 Å². The van der Waals surface area contributed by atoms with E-state index in [4.69, 9.17) is 0 Å². The maximum absolute atomic E-state index is 12.0. The van der Waals surface area contributed by atoms with Crippen molar-refractivity contribution in [2.45, 2.75) is 17.4 Å². The van der Waals surface area contributed by atoms with Gasteiger partial charge in [-0.3, -0.25) is 4.21 Å². The predicted molar refractivity (Wildman–Crippen MR) is 63.9 cm³/mol. The van der Waals surface area contributed by atoms with E-state index in [1.807, 2.05) is 30.0 Å². The number of hydrogen-bond donors (Lipinski definition) is 0. The molecule has 0 spiro atoms. The quantitative estimate of drug-likeness (QED) is 0.732. The van der Waals surface area contributed by atoms with Gasteiger partial charge < -0.3 is 0 Å². The van der Waals surface area contributed by atoms with Crippen LogP contribution >= 0.6 is 11.8 Å². The summed E-state index contributed by atoms with van der Waals surface area (Å²) in [5.74, 6) is 1.97. The Balaban J connectivity index is 2.35. The van der Waals surface area contributed by atoms with Crippen LogP contribution in [-0.2, 0) is 14.9 Å². The van der Waals surface area contributed by atoms with Crippen molar-refractivity contribution in [3.05, 3.63) is 35.9 Å². The lowest BCUT2D eigenvalue weighted by molar-refractivity contribution is 0.667. The van der Waals surface area contributed by atoms with Crippen LogP contribution in [0, 0.1) is 0 Å². The first kappa shape index (κ1) is 10.2. The van der Waals surface area contributed by atoms with E-state index in [1.54, 1.807) is 0 Å². The van der Waals surface area contributed by atoms with Crippen LogP contribution in [0.2, 0.25) is 0 Å². The summed E-state index contributed by atoms with van der Waals surface area (Å²) in [7, 11) is -0.732. The van der Waals surface area contributed by atoms with Gasteiger partial charge >= 0.3 is 0 Å². The van der Waals surface area contributed by atoms with E-state index in [0.29, 0.717) is 0 Å². The molecule has 1 nitrogen and oxygen atoms in total. The van der Waals surface area contributed by atoms with E-state index in [-0.39, 0.29) is 4.08 Å². The fourth-order valence-corrected chi connectivity index (χ4v) is 5.06. The van der Waals surface area contributed by atoms with Gasteiger partial charge in [-0.25, -0.2) is 0 Å².